The summed E-state index contributed by atoms with van der Waals surface area (Å²) in [5.74, 6) is -1.75. The second-order valence-corrected chi connectivity index (χ2v) is 4.17. The lowest BCUT2D eigenvalue weighted by Gasteiger charge is -2.12. The number of hydrogen-bond donors (Lipinski definition) is 2. The number of halogens is 1. The van der Waals surface area contributed by atoms with E-state index in [0.717, 1.165) is 4.88 Å². The molecule has 15 heavy (non-hydrogen) atoms. The number of amides is 1. The summed E-state index contributed by atoms with van der Waals surface area (Å²) in [4.78, 5) is 22.7. The van der Waals surface area contributed by atoms with E-state index in [4.69, 9.17) is 16.7 Å². The summed E-state index contributed by atoms with van der Waals surface area (Å²) in [7, 11) is 0. The van der Waals surface area contributed by atoms with Crippen LogP contribution >= 0.6 is 22.9 Å². The molecule has 82 valence electrons. The van der Waals surface area contributed by atoms with E-state index in [-0.39, 0.29) is 12.3 Å². The van der Waals surface area contributed by atoms with Crippen molar-refractivity contribution in [2.24, 2.45) is 0 Å². The maximum Gasteiger partial charge on any atom is 0.326 e. The van der Waals surface area contributed by atoms with Crippen molar-refractivity contribution in [3.63, 3.8) is 0 Å². The highest BCUT2D eigenvalue weighted by Crippen LogP contribution is 2.11. The van der Waals surface area contributed by atoms with Gasteiger partial charge in [-0.05, 0) is 11.4 Å². The van der Waals surface area contributed by atoms with Gasteiger partial charge in [-0.25, -0.2) is 4.79 Å². The number of thiophene rings is 1. The molecule has 1 unspecified atom stereocenters. The SMILES string of the molecule is O=C(CCl)NC(Cc1cccs1)C(=O)O. The molecule has 0 fully saturated rings. The first kappa shape index (κ1) is 12.0. The minimum atomic E-state index is -1.05. The smallest absolute Gasteiger partial charge is 0.326 e. The second kappa shape index (κ2) is 5.72. The number of carbonyl (C=O) groups excluding carboxylic acids is 1. The van der Waals surface area contributed by atoms with Gasteiger partial charge in [0.15, 0.2) is 0 Å². The Hall–Kier alpha value is -1.07. The Labute approximate surface area is 95.9 Å². The minimum absolute atomic E-state index is 0.228. The van der Waals surface area contributed by atoms with Crippen molar-refractivity contribution in [1.82, 2.24) is 5.32 Å². The van der Waals surface area contributed by atoms with E-state index in [0.29, 0.717) is 0 Å². The van der Waals surface area contributed by atoms with Crippen molar-refractivity contribution in [2.75, 3.05) is 5.88 Å². The van der Waals surface area contributed by atoms with Crippen LogP contribution in [-0.4, -0.2) is 28.9 Å². The van der Waals surface area contributed by atoms with Crippen LogP contribution in [0.3, 0.4) is 0 Å². The van der Waals surface area contributed by atoms with Crippen LogP contribution in [0, 0.1) is 0 Å². The van der Waals surface area contributed by atoms with E-state index < -0.39 is 17.9 Å². The van der Waals surface area contributed by atoms with Crippen LogP contribution in [0.1, 0.15) is 4.88 Å². The molecule has 0 bridgehead atoms. The molecule has 0 saturated carbocycles. The number of alkyl halides is 1. The summed E-state index contributed by atoms with van der Waals surface area (Å²) in [5.41, 5.74) is 0. The summed E-state index contributed by atoms with van der Waals surface area (Å²) in [6.07, 6.45) is 0.287. The Morgan fingerprint density at radius 1 is 1.60 bits per heavy atom. The maximum atomic E-state index is 11.0. The van der Waals surface area contributed by atoms with Gasteiger partial charge in [0.25, 0.3) is 0 Å². The molecule has 4 nitrogen and oxygen atoms in total. The summed E-state index contributed by atoms with van der Waals surface area (Å²) >= 11 is 6.74. The third kappa shape index (κ3) is 3.89. The van der Waals surface area contributed by atoms with Gasteiger partial charge in [-0.15, -0.1) is 22.9 Å². The van der Waals surface area contributed by atoms with Crippen molar-refractivity contribution in [3.05, 3.63) is 22.4 Å². The highest BCUT2D eigenvalue weighted by atomic mass is 35.5. The Morgan fingerprint density at radius 3 is 2.80 bits per heavy atom. The first-order valence-electron chi connectivity index (χ1n) is 4.24. The zero-order chi connectivity index (χ0) is 11.3. The number of nitrogens with one attached hydrogen (secondary N) is 1. The van der Waals surface area contributed by atoms with Gasteiger partial charge in [-0.1, -0.05) is 6.07 Å². The zero-order valence-electron chi connectivity index (χ0n) is 7.77. The normalized spacial score (nSPS) is 12.1. The van der Waals surface area contributed by atoms with Gasteiger partial charge in [0.05, 0.1) is 0 Å². The van der Waals surface area contributed by atoms with Gasteiger partial charge in [-0.3, -0.25) is 4.79 Å². The second-order valence-electron chi connectivity index (χ2n) is 2.88. The molecule has 2 N–H and O–H groups in total. The summed E-state index contributed by atoms with van der Waals surface area (Å²) < 4.78 is 0. The Morgan fingerprint density at radius 2 is 2.33 bits per heavy atom. The van der Waals surface area contributed by atoms with Crippen LogP contribution in [0.15, 0.2) is 17.5 Å². The number of carboxylic acids is 1. The number of hydrogen-bond acceptors (Lipinski definition) is 3. The summed E-state index contributed by atoms with van der Waals surface area (Å²) in [6, 6.07) is 2.75. The number of carboxylic acid groups (broad SMARTS) is 1. The van der Waals surface area contributed by atoms with E-state index in [1.165, 1.54) is 11.3 Å². The first-order valence-corrected chi connectivity index (χ1v) is 5.65. The molecule has 0 aliphatic rings. The molecular weight excluding hydrogens is 238 g/mol. The molecule has 0 spiro atoms. The highest BCUT2D eigenvalue weighted by molar-refractivity contribution is 7.09. The van der Waals surface area contributed by atoms with Gasteiger partial charge in [-0.2, -0.15) is 0 Å². The lowest BCUT2D eigenvalue weighted by molar-refractivity contribution is -0.141. The number of carbonyl (C=O) groups is 2. The zero-order valence-corrected chi connectivity index (χ0v) is 9.35. The van der Waals surface area contributed by atoms with Crippen molar-refractivity contribution in [2.45, 2.75) is 12.5 Å². The third-order valence-electron chi connectivity index (χ3n) is 1.74. The average molecular weight is 248 g/mol. The molecule has 1 aromatic heterocycles. The molecule has 0 aromatic carbocycles. The third-order valence-corrected chi connectivity index (χ3v) is 2.88. The lowest BCUT2D eigenvalue weighted by Crippen LogP contribution is -2.42. The quantitative estimate of drug-likeness (QED) is 0.766. The van der Waals surface area contributed by atoms with E-state index in [2.05, 4.69) is 5.32 Å². The topological polar surface area (TPSA) is 66.4 Å². The van der Waals surface area contributed by atoms with Gasteiger partial charge in [0.1, 0.15) is 11.9 Å². The Kier molecular flexibility index (Phi) is 4.58. The van der Waals surface area contributed by atoms with E-state index in [1.54, 1.807) is 0 Å². The fraction of sp³-hybridized carbons (Fsp3) is 0.333. The van der Waals surface area contributed by atoms with Crippen LogP contribution in [0.4, 0.5) is 0 Å². The largest absolute Gasteiger partial charge is 0.480 e. The monoisotopic (exact) mass is 247 g/mol. The van der Waals surface area contributed by atoms with Crippen molar-refractivity contribution >= 4 is 34.8 Å². The molecule has 1 rings (SSSR count). The van der Waals surface area contributed by atoms with Crippen LogP contribution < -0.4 is 5.32 Å². The van der Waals surface area contributed by atoms with E-state index in [9.17, 15) is 9.59 Å². The van der Waals surface area contributed by atoms with Gasteiger partial charge in [0.2, 0.25) is 5.91 Å². The molecule has 1 amide bonds. The van der Waals surface area contributed by atoms with Crippen LogP contribution in [0.2, 0.25) is 0 Å². The van der Waals surface area contributed by atoms with Gasteiger partial charge in [0, 0.05) is 11.3 Å². The molecule has 1 heterocycles. The molecular formula is C9H10ClNO3S. The summed E-state index contributed by atoms with van der Waals surface area (Å²) in [6.45, 7) is 0. The van der Waals surface area contributed by atoms with Gasteiger partial charge < -0.3 is 10.4 Å². The molecule has 0 aliphatic carbocycles. The van der Waals surface area contributed by atoms with Gasteiger partial charge >= 0.3 is 5.97 Å². The van der Waals surface area contributed by atoms with Crippen molar-refractivity contribution in [1.29, 1.82) is 0 Å². The molecule has 1 atom stereocenters. The Balaban J connectivity index is 2.59. The van der Waals surface area contributed by atoms with E-state index in [1.807, 2.05) is 17.5 Å². The maximum absolute atomic E-state index is 11.0. The van der Waals surface area contributed by atoms with Crippen LogP contribution in [0.5, 0.6) is 0 Å². The minimum Gasteiger partial charge on any atom is -0.480 e. The van der Waals surface area contributed by atoms with E-state index >= 15 is 0 Å². The predicted molar refractivity (Wildman–Crippen MR) is 58.3 cm³/mol. The highest BCUT2D eigenvalue weighted by Gasteiger charge is 2.20. The summed E-state index contributed by atoms with van der Waals surface area (Å²) in [5, 5.41) is 13.1. The standard InChI is InChI=1S/C9H10ClNO3S/c10-5-8(12)11-7(9(13)14)4-6-2-1-3-15-6/h1-3,7H,4-5H2,(H,11,12)(H,13,14). The Bertz CT molecular complexity index is 339. The molecule has 0 saturated heterocycles. The van der Waals surface area contributed by atoms with Crippen LogP contribution in [0.25, 0.3) is 0 Å². The lowest BCUT2D eigenvalue weighted by atomic mass is 10.2. The first-order chi connectivity index (χ1) is 7.13. The van der Waals surface area contributed by atoms with Crippen LogP contribution in [-0.2, 0) is 16.0 Å². The fourth-order valence-corrected chi connectivity index (χ4v) is 1.89. The molecule has 0 radical (unpaired) electrons. The molecule has 0 aliphatic heterocycles. The van der Waals surface area contributed by atoms with Crippen molar-refractivity contribution in [3.8, 4) is 0 Å². The fourth-order valence-electron chi connectivity index (χ4n) is 1.06. The predicted octanol–water partition coefficient (Wildman–Crippen LogP) is 1.10. The molecule has 1 aromatic rings. The number of aliphatic carboxylic acids is 1. The molecule has 6 heteroatoms. The van der Waals surface area contributed by atoms with Crippen molar-refractivity contribution < 1.29 is 14.7 Å². The number of rotatable bonds is 5. The average Bonchev–Trinajstić information content (AvgIpc) is 2.69.